The van der Waals surface area contributed by atoms with Gasteiger partial charge in [0.05, 0.1) is 0 Å². The van der Waals surface area contributed by atoms with Crippen molar-refractivity contribution in [3.8, 4) is 16.8 Å². The maximum Gasteiger partial charge on any atom is 0.299 e. The van der Waals surface area contributed by atoms with Gasteiger partial charge in [0.2, 0.25) is 5.88 Å². The number of aromatic nitrogens is 4. The summed E-state index contributed by atoms with van der Waals surface area (Å²) in [6, 6.07) is 6.53. The van der Waals surface area contributed by atoms with Crippen LogP contribution in [0.1, 0.15) is 36.1 Å². The summed E-state index contributed by atoms with van der Waals surface area (Å²) >= 11 is 6.41. The first-order valence-corrected chi connectivity index (χ1v) is 10.1. The van der Waals surface area contributed by atoms with Crippen LogP contribution in [-0.4, -0.2) is 30.3 Å². The highest BCUT2D eigenvalue weighted by atomic mass is 32.1. The van der Waals surface area contributed by atoms with Gasteiger partial charge in [-0.3, -0.25) is 18.7 Å². The van der Waals surface area contributed by atoms with Gasteiger partial charge in [-0.2, -0.15) is 0 Å². The lowest BCUT2D eigenvalue weighted by molar-refractivity contribution is 0.102. The lowest BCUT2D eigenvalue weighted by Gasteiger charge is -2.12. The Hall–Kier alpha value is -3.05. The molecule has 2 N–H and O–H groups in total. The molecule has 0 aliphatic carbocycles. The number of carbonyl (C=O) groups is 1. The molecule has 0 spiro atoms. The molecule has 11 heteroatoms. The van der Waals surface area contributed by atoms with E-state index in [1.807, 2.05) is 20.8 Å². The van der Waals surface area contributed by atoms with E-state index < -0.39 is 22.9 Å². The van der Waals surface area contributed by atoms with Crippen molar-refractivity contribution in [3.63, 3.8) is 0 Å². The Morgan fingerprint density at radius 2 is 1.80 bits per heavy atom. The van der Waals surface area contributed by atoms with Crippen LogP contribution in [0.25, 0.3) is 0 Å². The first kappa shape index (κ1) is 21.7. The number of carbonyl (C=O) groups excluding carboxylic acids is 1. The fraction of sp³-hybridized carbons (Fsp3) is 0.316. The van der Waals surface area contributed by atoms with Crippen LogP contribution >= 0.6 is 23.6 Å². The third-order valence-electron chi connectivity index (χ3n) is 4.23. The molecule has 2 heterocycles. The van der Waals surface area contributed by atoms with E-state index in [4.69, 9.17) is 17.0 Å². The molecule has 0 atom stereocenters. The molecular formula is C19H21N5O4S2. The molecule has 1 amide bonds. The first-order valence-electron chi connectivity index (χ1n) is 8.91. The minimum Gasteiger partial charge on any atom is -0.494 e. The van der Waals surface area contributed by atoms with Crippen molar-refractivity contribution < 1.29 is 14.6 Å². The molecule has 0 aliphatic heterocycles. The van der Waals surface area contributed by atoms with Crippen molar-refractivity contribution in [2.24, 2.45) is 14.1 Å². The summed E-state index contributed by atoms with van der Waals surface area (Å²) in [6.07, 6.45) is 0. The van der Waals surface area contributed by atoms with Crippen molar-refractivity contribution in [2.45, 2.75) is 26.2 Å². The second kappa shape index (κ2) is 8.00. The highest BCUT2D eigenvalue weighted by molar-refractivity contribution is 7.71. The number of aromatic hydroxyl groups is 1. The van der Waals surface area contributed by atoms with E-state index in [0.29, 0.717) is 16.6 Å². The smallest absolute Gasteiger partial charge is 0.299 e. The quantitative estimate of drug-likeness (QED) is 0.590. The molecule has 9 nitrogen and oxygen atoms in total. The van der Waals surface area contributed by atoms with Crippen LogP contribution < -0.4 is 15.6 Å². The first-order chi connectivity index (χ1) is 14.0. The Kier molecular flexibility index (Phi) is 5.77. The zero-order valence-electron chi connectivity index (χ0n) is 17.1. The molecular weight excluding hydrogens is 426 g/mol. The van der Waals surface area contributed by atoms with Gasteiger partial charge in [-0.1, -0.05) is 37.2 Å². The predicted octanol–water partition coefficient (Wildman–Crippen LogP) is 3.35. The Morgan fingerprint density at radius 1 is 1.17 bits per heavy atom. The molecule has 0 radical (unpaired) electrons. The zero-order chi connectivity index (χ0) is 22.2. The van der Waals surface area contributed by atoms with E-state index >= 15 is 0 Å². The highest BCUT2D eigenvalue weighted by Gasteiger charge is 2.22. The van der Waals surface area contributed by atoms with Gasteiger partial charge in [-0.05, 0) is 36.5 Å². The van der Waals surface area contributed by atoms with E-state index in [1.165, 1.54) is 30.0 Å². The van der Waals surface area contributed by atoms with E-state index in [-0.39, 0.29) is 10.2 Å². The van der Waals surface area contributed by atoms with E-state index in [2.05, 4.69) is 15.5 Å². The number of rotatable bonds is 4. The summed E-state index contributed by atoms with van der Waals surface area (Å²) in [7, 11) is 2.91. The predicted molar refractivity (Wildman–Crippen MR) is 116 cm³/mol. The molecule has 0 saturated heterocycles. The second-order valence-corrected chi connectivity index (χ2v) is 8.91. The molecule has 30 heavy (non-hydrogen) atoms. The summed E-state index contributed by atoms with van der Waals surface area (Å²) < 4.78 is 8.12. The lowest BCUT2D eigenvalue weighted by atomic mass is 9.98. The fourth-order valence-corrected chi connectivity index (χ4v) is 3.43. The number of nitrogens with one attached hydrogen (secondary N) is 1. The van der Waals surface area contributed by atoms with E-state index in [1.54, 1.807) is 24.3 Å². The van der Waals surface area contributed by atoms with Crippen molar-refractivity contribution in [3.05, 3.63) is 50.0 Å². The Morgan fingerprint density at radius 3 is 2.37 bits per heavy atom. The van der Waals surface area contributed by atoms with Crippen LogP contribution in [0.2, 0.25) is 0 Å². The number of anilines is 1. The highest BCUT2D eigenvalue weighted by Crippen LogP contribution is 2.32. The largest absolute Gasteiger partial charge is 0.494 e. The maximum absolute atomic E-state index is 12.6. The molecule has 0 saturated carbocycles. The van der Waals surface area contributed by atoms with Crippen molar-refractivity contribution in [1.29, 1.82) is 0 Å². The molecule has 3 aromatic rings. The van der Waals surface area contributed by atoms with Crippen LogP contribution in [0.15, 0.2) is 29.1 Å². The van der Waals surface area contributed by atoms with Gasteiger partial charge in [-0.25, -0.2) is 0 Å². The lowest BCUT2D eigenvalue weighted by Crippen LogP contribution is -2.30. The third-order valence-corrected chi connectivity index (χ3v) is 6.00. The molecule has 0 unspecified atom stereocenters. The topological polar surface area (TPSA) is 111 Å². The minimum atomic E-state index is -0.744. The maximum atomic E-state index is 12.6. The normalized spacial score (nSPS) is 11.4. The van der Waals surface area contributed by atoms with E-state index in [0.717, 1.165) is 9.57 Å². The Balaban J connectivity index is 1.77. The third kappa shape index (κ3) is 4.26. The minimum absolute atomic E-state index is 0.0989. The summed E-state index contributed by atoms with van der Waals surface area (Å²) in [5.74, 6) is -0.719. The summed E-state index contributed by atoms with van der Waals surface area (Å²) in [4.78, 5) is 24.9. The number of hydrogen-bond donors (Lipinski definition) is 2. The van der Waals surface area contributed by atoms with Gasteiger partial charge in [0, 0.05) is 25.2 Å². The average molecular weight is 448 g/mol. The van der Waals surface area contributed by atoms with Gasteiger partial charge in [0.15, 0.2) is 10.3 Å². The fourth-order valence-electron chi connectivity index (χ4n) is 2.49. The van der Waals surface area contributed by atoms with Crippen LogP contribution in [0, 0.1) is 4.77 Å². The number of nitrogens with zero attached hydrogens (tertiary/aromatic N) is 4. The van der Waals surface area contributed by atoms with Crippen molar-refractivity contribution >= 4 is 35.1 Å². The summed E-state index contributed by atoms with van der Waals surface area (Å²) in [5, 5.41) is 22.2. The molecule has 158 valence electrons. The molecule has 0 fully saturated rings. The van der Waals surface area contributed by atoms with Crippen molar-refractivity contribution in [1.82, 2.24) is 19.3 Å². The zero-order valence-corrected chi connectivity index (χ0v) is 18.7. The SMILES string of the molecule is Cn1c(O)c(C(=O)Nc2ccc(Oc3nnc(C(C)(C)C)s3)cc2)c(=O)n(C)c1=S. The molecule has 3 rings (SSSR count). The number of hydrogen-bond acceptors (Lipinski definition) is 8. The van der Waals surface area contributed by atoms with Crippen LogP contribution in [-0.2, 0) is 19.5 Å². The van der Waals surface area contributed by atoms with Crippen molar-refractivity contribution in [2.75, 3.05) is 5.32 Å². The van der Waals surface area contributed by atoms with Crippen LogP contribution in [0.4, 0.5) is 5.69 Å². The standard InChI is InChI=1S/C19H21N5O4S2/c1-19(2,3)16-21-22-17(30-16)28-11-8-6-10(7-9-11)20-13(25)12-14(26)23(4)18(29)24(5)15(12)27/h6-9,26H,1-5H3,(H,20,25). The number of benzene rings is 1. The van der Waals surface area contributed by atoms with Crippen LogP contribution in [0.3, 0.4) is 0 Å². The van der Waals surface area contributed by atoms with Gasteiger partial charge in [0.25, 0.3) is 16.7 Å². The molecule has 1 aromatic carbocycles. The molecule has 0 bridgehead atoms. The van der Waals surface area contributed by atoms with Gasteiger partial charge in [0.1, 0.15) is 10.8 Å². The van der Waals surface area contributed by atoms with Gasteiger partial charge >= 0.3 is 0 Å². The molecule has 0 aliphatic rings. The van der Waals surface area contributed by atoms with Gasteiger partial charge in [-0.15, -0.1) is 5.10 Å². The number of amides is 1. The van der Waals surface area contributed by atoms with Gasteiger partial charge < -0.3 is 15.2 Å². The Labute approximate surface area is 181 Å². The average Bonchev–Trinajstić information content (AvgIpc) is 3.15. The van der Waals surface area contributed by atoms with E-state index in [9.17, 15) is 14.7 Å². The Bertz CT molecular complexity index is 1220. The molecule has 2 aromatic heterocycles. The second-order valence-electron chi connectivity index (χ2n) is 7.61. The summed E-state index contributed by atoms with van der Waals surface area (Å²) in [6.45, 7) is 6.13. The monoisotopic (exact) mass is 447 g/mol. The number of ether oxygens (including phenoxy) is 1. The van der Waals surface area contributed by atoms with Crippen LogP contribution in [0.5, 0.6) is 16.8 Å². The summed E-state index contributed by atoms with van der Waals surface area (Å²) in [5.41, 5.74) is -0.765.